The number of carbonyl (C=O) groups excluding carboxylic acids is 2. The lowest BCUT2D eigenvalue weighted by molar-refractivity contribution is -0.148. The van der Waals surface area contributed by atoms with Gasteiger partial charge in [-0.1, -0.05) is 45.0 Å². The van der Waals surface area contributed by atoms with E-state index < -0.39 is 5.41 Å². The molecule has 3 heterocycles. The maximum Gasteiger partial charge on any atom is 0.323 e. The Morgan fingerprint density at radius 3 is 2.45 bits per heavy atom. The number of nitrogens with zero attached hydrogens (tertiary/aromatic N) is 4. The van der Waals surface area contributed by atoms with Crippen molar-refractivity contribution in [3.05, 3.63) is 63.6 Å². The van der Waals surface area contributed by atoms with Crippen LogP contribution in [0.15, 0.2) is 41.1 Å². The molecule has 174 valence electrons. The second-order valence-electron chi connectivity index (χ2n) is 9.35. The van der Waals surface area contributed by atoms with E-state index in [1.54, 1.807) is 11.4 Å². The van der Waals surface area contributed by atoms with E-state index in [-0.39, 0.29) is 36.4 Å². The van der Waals surface area contributed by atoms with Gasteiger partial charge in [-0.2, -0.15) is 16.3 Å². The van der Waals surface area contributed by atoms with Crippen LogP contribution in [0.1, 0.15) is 60.9 Å². The first-order valence-corrected chi connectivity index (χ1v) is 11.9. The zero-order chi connectivity index (χ0) is 23.8. The fraction of sp³-hybridized carbons (Fsp3) is 0.417. The molecule has 0 bridgehead atoms. The first-order chi connectivity index (χ1) is 15.7. The fourth-order valence-electron chi connectivity index (χ4n) is 3.73. The van der Waals surface area contributed by atoms with Crippen LogP contribution in [0.4, 0.5) is 0 Å². The number of benzene rings is 1. The summed E-state index contributed by atoms with van der Waals surface area (Å²) in [5.41, 5.74) is 7.71. The third kappa shape index (κ3) is 4.69. The van der Waals surface area contributed by atoms with Gasteiger partial charge in [0.05, 0.1) is 11.5 Å². The number of thiophene rings is 1. The van der Waals surface area contributed by atoms with Crippen LogP contribution in [0.3, 0.4) is 0 Å². The van der Waals surface area contributed by atoms with Gasteiger partial charge in [0.1, 0.15) is 6.61 Å². The van der Waals surface area contributed by atoms with E-state index in [1.165, 1.54) is 16.0 Å². The SMILES string of the molecule is CC1C(c2nc(OCc3ccc(CN)cc3)n(C(=O)c3ccsc3)n2)CN1C(=O)C(C)(C)C. The lowest BCUT2D eigenvalue weighted by Crippen LogP contribution is -2.58. The minimum absolute atomic E-state index is 0.0551. The summed E-state index contributed by atoms with van der Waals surface area (Å²) in [6, 6.07) is 9.62. The molecule has 3 aromatic rings. The third-order valence-corrected chi connectivity index (χ3v) is 6.57. The van der Waals surface area contributed by atoms with Crippen LogP contribution in [-0.2, 0) is 17.9 Å². The van der Waals surface area contributed by atoms with Crippen molar-refractivity contribution in [3.63, 3.8) is 0 Å². The molecule has 2 N–H and O–H groups in total. The van der Waals surface area contributed by atoms with Gasteiger partial charge in [0.25, 0.3) is 5.91 Å². The minimum atomic E-state index is -0.450. The third-order valence-electron chi connectivity index (χ3n) is 5.88. The van der Waals surface area contributed by atoms with Crippen LogP contribution in [0.25, 0.3) is 0 Å². The highest BCUT2D eigenvalue weighted by Gasteiger charge is 2.45. The van der Waals surface area contributed by atoms with Crippen LogP contribution >= 0.6 is 11.3 Å². The summed E-state index contributed by atoms with van der Waals surface area (Å²) < 4.78 is 7.17. The molecular weight excluding hydrogens is 438 g/mol. The number of hydrogen-bond acceptors (Lipinski definition) is 7. The van der Waals surface area contributed by atoms with Crippen molar-refractivity contribution in [1.82, 2.24) is 19.7 Å². The number of ether oxygens (including phenoxy) is 1. The largest absolute Gasteiger partial charge is 0.458 e. The summed E-state index contributed by atoms with van der Waals surface area (Å²) in [6.07, 6.45) is 0. The maximum absolute atomic E-state index is 13.1. The predicted octanol–water partition coefficient (Wildman–Crippen LogP) is 3.43. The maximum atomic E-state index is 13.1. The van der Waals surface area contributed by atoms with Crippen molar-refractivity contribution in [3.8, 4) is 6.01 Å². The highest BCUT2D eigenvalue weighted by molar-refractivity contribution is 7.08. The van der Waals surface area contributed by atoms with Gasteiger partial charge in [0.15, 0.2) is 5.82 Å². The van der Waals surface area contributed by atoms with Gasteiger partial charge in [-0.3, -0.25) is 9.59 Å². The lowest BCUT2D eigenvalue weighted by Gasteiger charge is -2.47. The number of likely N-dealkylation sites (tertiary alicyclic amines) is 1. The van der Waals surface area contributed by atoms with Gasteiger partial charge in [-0.15, -0.1) is 9.78 Å². The lowest BCUT2D eigenvalue weighted by atomic mass is 9.84. The summed E-state index contributed by atoms with van der Waals surface area (Å²) >= 11 is 1.44. The Kier molecular flexibility index (Phi) is 6.36. The number of carbonyl (C=O) groups is 2. The molecule has 2 unspecified atom stereocenters. The molecule has 1 aromatic carbocycles. The van der Waals surface area contributed by atoms with E-state index in [9.17, 15) is 9.59 Å². The van der Waals surface area contributed by atoms with Crippen molar-refractivity contribution in [2.45, 2.75) is 52.8 Å². The molecule has 1 amide bonds. The van der Waals surface area contributed by atoms with E-state index in [1.807, 2.05) is 62.2 Å². The number of rotatable bonds is 6. The molecule has 0 saturated carbocycles. The van der Waals surface area contributed by atoms with Crippen molar-refractivity contribution in [2.24, 2.45) is 11.1 Å². The van der Waals surface area contributed by atoms with Crippen molar-refractivity contribution >= 4 is 23.2 Å². The number of amides is 1. The summed E-state index contributed by atoms with van der Waals surface area (Å²) in [7, 11) is 0. The summed E-state index contributed by atoms with van der Waals surface area (Å²) in [5, 5.41) is 8.13. The Balaban J connectivity index is 1.56. The van der Waals surface area contributed by atoms with Gasteiger partial charge in [0.2, 0.25) is 5.91 Å². The Morgan fingerprint density at radius 1 is 1.18 bits per heavy atom. The highest BCUT2D eigenvalue weighted by atomic mass is 32.1. The second kappa shape index (κ2) is 9.07. The van der Waals surface area contributed by atoms with Crippen LogP contribution in [0.5, 0.6) is 6.01 Å². The summed E-state index contributed by atoms with van der Waals surface area (Å²) in [6.45, 7) is 8.96. The predicted molar refractivity (Wildman–Crippen MR) is 126 cm³/mol. The van der Waals surface area contributed by atoms with E-state index >= 15 is 0 Å². The molecule has 4 rings (SSSR count). The molecule has 0 radical (unpaired) electrons. The first kappa shape index (κ1) is 23.1. The summed E-state index contributed by atoms with van der Waals surface area (Å²) in [4.78, 5) is 32.1. The number of aromatic nitrogens is 3. The molecule has 33 heavy (non-hydrogen) atoms. The monoisotopic (exact) mass is 467 g/mol. The average Bonchev–Trinajstić information content (AvgIpc) is 3.46. The Labute approximate surface area is 197 Å². The first-order valence-electron chi connectivity index (χ1n) is 10.9. The van der Waals surface area contributed by atoms with Gasteiger partial charge < -0.3 is 15.4 Å². The zero-order valence-corrected chi connectivity index (χ0v) is 20.1. The van der Waals surface area contributed by atoms with E-state index in [4.69, 9.17) is 10.5 Å². The fourth-order valence-corrected chi connectivity index (χ4v) is 4.36. The van der Waals surface area contributed by atoms with E-state index in [0.717, 1.165) is 11.1 Å². The molecule has 1 aliphatic rings. The Hall–Kier alpha value is -3.04. The number of nitrogens with two attached hydrogens (primary N) is 1. The Morgan fingerprint density at radius 2 is 1.88 bits per heavy atom. The van der Waals surface area contributed by atoms with Crippen LogP contribution in [-0.4, -0.2) is 44.1 Å². The van der Waals surface area contributed by atoms with Crippen molar-refractivity contribution in [2.75, 3.05) is 6.54 Å². The highest BCUT2D eigenvalue weighted by Crippen LogP contribution is 2.36. The molecule has 8 nitrogen and oxygen atoms in total. The van der Waals surface area contributed by atoms with Gasteiger partial charge in [-0.25, -0.2) is 0 Å². The van der Waals surface area contributed by atoms with E-state index in [2.05, 4.69) is 10.1 Å². The van der Waals surface area contributed by atoms with Crippen LogP contribution in [0.2, 0.25) is 0 Å². The van der Waals surface area contributed by atoms with E-state index in [0.29, 0.717) is 24.5 Å². The Bertz CT molecular complexity index is 1130. The average molecular weight is 468 g/mol. The van der Waals surface area contributed by atoms with Crippen molar-refractivity contribution in [1.29, 1.82) is 0 Å². The molecule has 2 aromatic heterocycles. The minimum Gasteiger partial charge on any atom is -0.458 e. The topological polar surface area (TPSA) is 103 Å². The molecule has 0 spiro atoms. The molecule has 9 heteroatoms. The number of hydrogen-bond donors (Lipinski definition) is 1. The molecule has 2 atom stereocenters. The quantitative estimate of drug-likeness (QED) is 0.596. The molecule has 1 saturated heterocycles. The van der Waals surface area contributed by atoms with Crippen LogP contribution < -0.4 is 10.5 Å². The normalized spacial score (nSPS) is 18.2. The summed E-state index contributed by atoms with van der Waals surface area (Å²) in [5.74, 6) is 0.257. The van der Waals surface area contributed by atoms with Gasteiger partial charge in [-0.05, 0) is 29.5 Å². The van der Waals surface area contributed by atoms with Crippen LogP contribution in [0, 0.1) is 5.41 Å². The second-order valence-corrected chi connectivity index (χ2v) is 10.1. The van der Waals surface area contributed by atoms with Gasteiger partial charge >= 0.3 is 6.01 Å². The molecular formula is C24H29N5O3S. The van der Waals surface area contributed by atoms with Gasteiger partial charge in [0, 0.05) is 29.9 Å². The molecule has 1 fully saturated rings. The standard InChI is InChI=1S/C24H29N5O3S/c1-15-19(12-28(15)22(31)24(2,3)4)20-26-23(29(27-20)21(30)18-9-10-33-14-18)32-13-17-7-5-16(11-25)6-8-17/h5-10,14-15,19H,11-13,25H2,1-4H3. The van der Waals surface area contributed by atoms with Crippen molar-refractivity contribution < 1.29 is 14.3 Å². The smallest absolute Gasteiger partial charge is 0.323 e. The molecule has 0 aliphatic carbocycles. The molecule has 1 aliphatic heterocycles. The zero-order valence-electron chi connectivity index (χ0n) is 19.3.